The predicted molar refractivity (Wildman–Crippen MR) is 126 cm³/mol. The lowest BCUT2D eigenvalue weighted by Crippen LogP contribution is -2.58. The average Bonchev–Trinajstić information content (AvgIpc) is 2.81. The SMILES string of the molecule is CC1CCN(C(=O)C(C)C2CCC3(C)CCC(NC(=O)c4cncnc4)C(C)C3C2O)CC1. The highest BCUT2D eigenvalue weighted by Gasteiger charge is 2.54. The third kappa shape index (κ3) is 4.79. The number of aromatic nitrogens is 2. The van der Waals surface area contributed by atoms with Crippen molar-refractivity contribution in [3.63, 3.8) is 0 Å². The van der Waals surface area contributed by atoms with Crippen molar-refractivity contribution < 1.29 is 14.7 Å². The van der Waals surface area contributed by atoms with Crippen molar-refractivity contribution in [1.82, 2.24) is 20.2 Å². The number of carbonyl (C=O) groups is 2. The molecule has 1 saturated heterocycles. The molecule has 0 aromatic carbocycles. The normalized spacial score (nSPS) is 36.0. The number of nitrogens with zero attached hydrogens (tertiary/aromatic N) is 3. The Labute approximate surface area is 197 Å². The average molecular weight is 457 g/mol. The molecule has 33 heavy (non-hydrogen) atoms. The number of fused-ring (bicyclic) bond motifs is 1. The quantitative estimate of drug-likeness (QED) is 0.725. The number of aliphatic hydroxyl groups excluding tert-OH is 1. The molecule has 3 aliphatic rings. The van der Waals surface area contributed by atoms with Gasteiger partial charge in [-0.3, -0.25) is 9.59 Å². The Balaban J connectivity index is 1.45. The van der Waals surface area contributed by atoms with Gasteiger partial charge in [-0.05, 0) is 67.6 Å². The van der Waals surface area contributed by atoms with E-state index in [1.165, 1.54) is 18.7 Å². The van der Waals surface area contributed by atoms with Crippen molar-refractivity contribution in [2.45, 2.75) is 78.4 Å². The molecule has 4 rings (SSSR count). The van der Waals surface area contributed by atoms with Gasteiger partial charge in [0.2, 0.25) is 5.91 Å². The summed E-state index contributed by atoms with van der Waals surface area (Å²) in [5, 5.41) is 14.8. The van der Waals surface area contributed by atoms with Crippen molar-refractivity contribution >= 4 is 11.8 Å². The molecule has 1 aromatic heterocycles. The molecule has 7 atom stereocenters. The summed E-state index contributed by atoms with van der Waals surface area (Å²) in [7, 11) is 0. The first kappa shape index (κ1) is 24.1. The van der Waals surface area contributed by atoms with Crippen LogP contribution in [0.3, 0.4) is 0 Å². The van der Waals surface area contributed by atoms with E-state index < -0.39 is 6.10 Å². The van der Waals surface area contributed by atoms with Crippen LogP contribution in [-0.4, -0.2) is 57.0 Å². The Morgan fingerprint density at radius 2 is 1.76 bits per heavy atom. The second kappa shape index (κ2) is 9.69. The van der Waals surface area contributed by atoms with Gasteiger partial charge >= 0.3 is 0 Å². The second-order valence-corrected chi connectivity index (χ2v) is 11.3. The Hall–Kier alpha value is -2.02. The summed E-state index contributed by atoms with van der Waals surface area (Å²) in [6, 6.07) is -0.0150. The highest BCUT2D eigenvalue weighted by atomic mass is 16.3. The van der Waals surface area contributed by atoms with Crippen LogP contribution in [0, 0.1) is 35.0 Å². The van der Waals surface area contributed by atoms with Gasteiger partial charge in [0.1, 0.15) is 6.33 Å². The number of carbonyl (C=O) groups excluding carboxylic acids is 2. The van der Waals surface area contributed by atoms with E-state index in [4.69, 9.17) is 0 Å². The molecule has 7 unspecified atom stereocenters. The van der Waals surface area contributed by atoms with Crippen LogP contribution in [0.1, 0.15) is 76.6 Å². The molecule has 3 fully saturated rings. The van der Waals surface area contributed by atoms with Gasteiger partial charge in [0.25, 0.3) is 5.91 Å². The molecule has 2 heterocycles. The standard InChI is InChI=1S/C26H40N4O3/c1-16-7-11-30(12-8-16)25(33)17(2)20-5-9-26(4)10-6-21(18(3)22(26)23(20)31)29-24(32)19-13-27-15-28-14-19/h13-18,20-23,31H,5-12H2,1-4H3,(H,29,32). The Morgan fingerprint density at radius 1 is 1.12 bits per heavy atom. The number of hydrogen-bond donors (Lipinski definition) is 2. The minimum Gasteiger partial charge on any atom is -0.392 e. The molecule has 2 aliphatic carbocycles. The summed E-state index contributed by atoms with van der Waals surface area (Å²) in [5.74, 6) is 0.680. The monoisotopic (exact) mass is 456 g/mol. The van der Waals surface area contributed by atoms with Crippen molar-refractivity contribution in [3.05, 3.63) is 24.3 Å². The minimum absolute atomic E-state index is 0.0150. The van der Waals surface area contributed by atoms with Crippen LogP contribution in [0.5, 0.6) is 0 Å². The van der Waals surface area contributed by atoms with Crippen LogP contribution in [0.2, 0.25) is 0 Å². The van der Waals surface area contributed by atoms with Crippen LogP contribution in [-0.2, 0) is 4.79 Å². The molecule has 182 valence electrons. The van der Waals surface area contributed by atoms with Crippen molar-refractivity contribution in [3.8, 4) is 0 Å². The minimum atomic E-state index is -0.541. The van der Waals surface area contributed by atoms with Crippen LogP contribution in [0.25, 0.3) is 0 Å². The van der Waals surface area contributed by atoms with Gasteiger partial charge in [0, 0.05) is 37.4 Å². The number of likely N-dealkylation sites (tertiary alicyclic amines) is 1. The number of amides is 2. The molecule has 7 heteroatoms. The van der Waals surface area contributed by atoms with E-state index in [-0.39, 0.29) is 46.9 Å². The lowest BCUT2D eigenvalue weighted by Gasteiger charge is -2.56. The van der Waals surface area contributed by atoms with Crippen LogP contribution >= 0.6 is 0 Å². The zero-order chi connectivity index (χ0) is 23.8. The summed E-state index contributed by atoms with van der Waals surface area (Å²) in [5.41, 5.74) is 0.491. The Morgan fingerprint density at radius 3 is 2.42 bits per heavy atom. The van der Waals surface area contributed by atoms with E-state index in [2.05, 4.69) is 36.1 Å². The molecule has 7 nitrogen and oxygen atoms in total. The second-order valence-electron chi connectivity index (χ2n) is 11.3. The van der Waals surface area contributed by atoms with Gasteiger partial charge in [0.15, 0.2) is 0 Å². The van der Waals surface area contributed by atoms with Crippen LogP contribution < -0.4 is 5.32 Å². The van der Waals surface area contributed by atoms with Gasteiger partial charge in [0.05, 0.1) is 11.7 Å². The molecule has 1 aromatic rings. The maximum absolute atomic E-state index is 13.3. The topological polar surface area (TPSA) is 95.4 Å². The molecule has 0 bridgehead atoms. The first-order valence-electron chi connectivity index (χ1n) is 12.7. The Bertz CT molecular complexity index is 841. The molecule has 0 spiro atoms. The number of aliphatic hydroxyl groups is 1. The fraction of sp³-hybridized carbons (Fsp3) is 0.769. The van der Waals surface area contributed by atoms with Gasteiger partial charge in [-0.25, -0.2) is 9.97 Å². The van der Waals surface area contributed by atoms with E-state index in [9.17, 15) is 14.7 Å². The predicted octanol–water partition coefficient (Wildman–Crippen LogP) is 3.29. The van der Waals surface area contributed by atoms with Gasteiger partial charge in [-0.2, -0.15) is 0 Å². The highest BCUT2D eigenvalue weighted by molar-refractivity contribution is 5.93. The third-order valence-electron chi connectivity index (χ3n) is 9.15. The molecule has 0 radical (unpaired) electrons. The molecular formula is C26H40N4O3. The molecule has 1 aliphatic heterocycles. The number of rotatable bonds is 4. The Kier molecular flexibility index (Phi) is 7.08. The van der Waals surface area contributed by atoms with E-state index in [0.29, 0.717) is 11.5 Å². The highest BCUT2D eigenvalue weighted by Crippen LogP contribution is 2.55. The number of hydrogen-bond acceptors (Lipinski definition) is 5. The molecule has 2 saturated carbocycles. The van der Waals surface area contributed by atoms with Gasteiger partial charge < -0.3 is 15.3 Å². The summed E-state index contributed by atoms with van der Waals surface area (Å²) in [6.07, 6.45) is 9.83. The van der Waals surface area contributed by atoms with Crippen LogP contribution in [0.4, 0.5) is 0 Å². The zero-order valence-electron chi connectivity index (χ0n) is 20.5. The first-order chi connectivity index (χ1) is 15.7. The third-order valence-corrected chi connectivity index (χ3v) is 9.15. The zero-order valence-corrected chi connectivity index (χ0v) is 20.5. The van der Waals surface area contributed by atoms with Crippen molar-refractivity contribution in [1.29, 1.82) is 0 Å². The van der Waals surface area contributed by atoms with Gasteiger partial charge in [-0.15, -0.1) is 0 Å². The lowest BCUT2D eigenvalue weighted by molar-refractivity contribution is -0.151. The molecule has 2 amide bonds. The summed E-state index contributed by atoms with van der Waals surface area (Å²) < 4.78 is 0. The van der Waals surface area contributed by atoms with Gasteiger partial charge in [-0.1, -0.05) is 27.7 Å². The van der Waals surface area contributed by atoms with E-state index in [0.717, 1.165) is 51.6 Å². The van der Waals surface area contributed by atoms with Crippen molar-refractivity contribution in [2.75, 3.05) is 13.1 Å². The summed E-state index contributed by atoms with van der Waals surface area (Å²) in [4.78, 5) is 35.9. The lowest BCUT2D eigenvalue weighted by atomic mass is 9.51. The summed E-state index contributed by atoms with van der Waals surface area (Å²) >= 11 is 0. The smallest absolute Gasteiger partial charge is 0.254 e. The summed E-state index contributed by atoms with van der Waals surface area (Å²) in [6.45, 7) is 10.4. The fourth-order valence-electron chi connectivity index (χ4n) is 6.87. The number of nitrogens with one attached hydrogen (secondary N) is 1. The molecular weight excluding hydrogens is 416 g/mol. The van der Waals surface area contributed by atoms with E-state index in [1.807, 2.05) is 11.8 Å². The maximum Gasteiger partial charge on any atom is 0.254 e. The maximum atomic E-state index is 13.3. The van der Waals surface area contributed by atoms with E-state index >= 15 is 0 Å². The fourth-order valence-corrected chi connectivity index (χ4v) is 6.87. The van der Waals surface area contributed by atoms with E-state index in [1.54, 1.807) is 0 Å². The largest absolute Gasteiger partial charge is 0.392 e. The van der Waals surface area contributed by atoms with Crippen molar-refractivity contribution in [2.24, 2.45) is 35.0 Å². The molecule has 2 N–H and O–H groups in total. The number of piperidine rings is 1. The first-order valence-corrected chi connectivity index (χ1v) is 12.7. The van der Waals surface area contributed by atoms with Crippen LogP contribution in [0.15, 0.2) is 18.7 Å².